The first kappa shape index (κ1) is 19.8. The van der Waals surface area contributed by atoms with Crippen LogP contribution >= 0.6 is 0 Å². The van der Waals surface area contributed by atoms with Crippen molar-refractivity contribution in [1.29, 1.82) is 0 Å². The standard InChI is InChI=1S/C21H25NO6/c1-11-6-5-7-13(21(24)25)18(11)22-20(23)15-10-14(15)12-8-16(26-2)19(28-4)17(9-12)27-3/h5-9,11,14-15,18H,10H2,1-4H3,(H,22,23)(H,24,25). The Morgan fingerprint density at radius 3 is 2.29 bits per heavy atom. The molecule has 7 heteroatoms. The normalized spacial score (nSPS) is 25.5. The summed E-state index contributed by atoms with van der Waals surface area (Å²) in [6.07, 6.45) is 5.83. The molecule has 0 spiro atoms. The van der Waals surface area contributed by atoms with Gasteiger partial charge in [-0.25, -0.2) is 4.79 Å². The van der Waals surface area contributed by atoms with E-state index in [1.54, 1.807) is 27.4 Å². The fourth-order valence-corrected chi connectivity index (χ4v) is 3.67. The van der Waals surface area contributed by atoms with Gasteiger partial charge >= 0.3 is 5.97 Å². The van der Waals surface area contributed by atoms with Gasteiger partial charge in [0.15, 0.2) is 11.5 Å². The molecule has 4 unspecified atom stereocenters. The first-order valence-corrected chi connectivity index (χ1v) is 9.13. The first-order chi connectivity index (χ1) is 13.4. The summed E-state index contributed by atoms with van der Waals surface area (Å²) in [7, 11) is 4.65. The number of hydrogen-bond acceptors (Lipinski definition) is 5. The molecule has 150 valence electrons. The number of methoxy groups -OCH3 is 3. The molecule has 0 radical (unpaired) electrons. The maximum Gasteiger partial charge on any atom is 0.333 e. The van der Waals surface area contributed by atoms with Crippen molar-refractivity contribution >= 4 is 11.9 Å². The lowest BCUT2D eigenvalue weighted by atomic mass is 9.89. The Hall–Kier alpha value is -2.96. The number of aliphatic carboxylic acids is 1. The van der Waals surface area contributed by atoms with Gasteiger partial charge in [-0.3, -0.25) is 4.79 Å². The van der Waals surface area contributed by atoms with Crippen molar-refractivity contribution in [2.45, 2.75) is 25.3 Å². The number of carboxylic acid groups (broad SMARTS) is 1. The van der Waals surface area contributed by atoms with Crippen LogP contribution in [-0.2, 0) is 9.59 Å². The van der Waals surface area contributed by atoms with Crippen molar-refractivity contribution in [2.24, 2.45) is 11.8 Å². The molecule has 2 N–H and O–H groups in total. The van der Waals surface area contributed by atoms with Crippen LogP contribution in [0.5, 0.6) is 17.2 Å². The van der Waals surface area contributed by atoms with Gasteiger partial charge in [0.25, 0.3) is 0 Å². The molecule has 0 heterocycles. The fraction of sp³-hybridized carbons (Fsp3) is 0.429. The largest absolute Gasteiger partial charge is 0.493 e. The minimum Gasteiger partial charge on any atom is -0.493 e. The number of hydrogen-bond donors (Lipinski definition) is 2. The number of carboxylic acids is 1. The van der Waals surface area contributed by atoms with E-state index in [9.17, 15) is 14.7 Å². The Kier molecular flexibility index (Phi) is 5.63. The van der Waals surface area contributed by atoms with Crippen LogP contribution in [-0.4, -0.2) is 44.4 Å². The summed E-state index contributed by atoms with van der Waals surface area (Å²) in [5.74, 6) is 0.177. The Morgan fingerprint density at radius 2 is 1.75 bits per heavy atom. The monoisotopic (exact) mass is 387 g/mol. The summed E-state index contributed by atoms with van der Waals surface area (Å²) >= 11 is 0. The zero-order valence-electron chi connectivity index (χ0n) is 16.4. The van der Waals surface area contributed by atoms with Crippen LogP contribution in [0.2, 0.25) is 0 Å². The second-order valence-corrected chi connectivity index (χ2v) is 7.06. The number of amides is 1. The lowest BCUT2D eigenvalue weighted by Gasteiger charge is -2.26. The van der Waals surface area contributed by atoms with E-state index in [2.05, 4.69) is 5.32 Å². The molecule has 1 aromatic rings. The highest BCUT2D eigenvalue weighted by molar-refractivity contribution is 5.91. The number of carbonyl (C=O) groups excluding carboxylic acids is 1. The smallest absolute Gasteiger partial charge is 0.333 e. The number of benzene rings is 1. The molecule has 0 aromatic heterocycles. The van der Waals surface area contributed by atoms with Gasteiger partial charge in [-0.1, -0.05) is 19.1 Å². The second kappa shape index (κ2) is 7.96. The van der Waals surface area contributed by atoms with Crippen molar-refractivity contribution in [1.82, 2.24) is 5.32 Å². The molecule has 1 saturated carbocycles. The van der Waals surface area contributed by atoms with E-state index in [1.165, 1.54) is 6.08 Å². The number of ether oxygens (including phenoxy) is 3. The van der Waals surface area contributed by atoms with Gasteiger partial charge in [-0.05, 0) is 42.0 Å². The van der Waals surface area contributed by atoms with E-state index in [1.807, 2.05) is 25.1 Å². The van der Waals surface area contributed by atoms with Crippen LogP contribution < -0.4 is 19.5 Å². The molecular weight excluding hydrogens is 362 g/mol. The molecule has 4 atom stereocenters. The van der Waals surface area contributed by atoms with Crippen molar-refractivity contribution in [3.63, 3.8) is 0 Å². The Labute approximate surface area is 164 Å². The number of allylic oxidation sites excluding steroid dienone is 2. The van der Waals surface area contributed by atoms with Gasteiger partial charge in [-0.2, -0.15) is 0 Å². The molecule has 0 bridgehead atoms. The number of nitrogens with one attached hydrogen (secondary N) is 1. The summed E-state index contributed by atoms with van der Waals surface area (Å²) in [6.45, 7) is 1.89. The molecule has 1 aromatic carbocycles. The van der Waals surface area contributed by atoms with Crippen LogP contribution in [0.25, 0.3) is 0 Å². The molecule has 1 amide bonds. The van der Waals surface area contributed by atoms with Crippen LogP contribution in [0.1, 0.15) is 24.8 Å². The van der Waals surface area contributed by atoms with Crippen molar-refractivity contribution in [3.8, 4) is 17.2 Å². The highest BCUT2D eigenvalue weighted by Gasteiger charge is 2.46. The van der Waals surface area contributed by atoms with Gasteiger partial charge < -0.3 is 24.6 Å². The maximum atomic E-state index is 12.8. The summed E-state index contributed by atoms with van der Waals surface area (Å²) < 4.78 is 16.1. The van der Waals surface area contributed by atoms with Crippen molar-refractivity contribution in [2.75, 3.05) is 21.3 Å². The van der Waals surface area contributed by atoms with Crippen LogP contribution in [0.3, 0.4) is 0 Å². The lowest BCUT2D eigenvalue weighted by molar-refractivity contribution is -0.133. The van der Waals surface area contributed by atoms with E-state index in [0.717, 1.165) is 5.56 Å². The van der Waals surface area contributed by atoms with E-state index in [0.29, 0.717) is 23.7 Å². The zero-order chi connectivity index (χ0) is 20.4. The molecule has 2 aliphatic rings. The second-order valence-electron chi connectivity index (χ2n) is 7.06. The molecule has 1 fully saturated rings. The predicted octanol–water partition coefficient (Wildman–Crippen LogP) is 2.52. The number of rotatable bonds is 7. The van der Waals surface area contributed by atoms with Crippen molar-refractivity contribution in [3.05, 3.63) is 41.5 Å². The summed E-state index contributed by atoms with van der Waals surface area (Å²) in [5, 5.41) is 12.3. The lowest BCUT2D eigenvalue weighted by Crippen LogP contribution is -2.43. The van der Waals surface area contributed by atoms with Gasteiger partial charge in [-0.15, -0.1) is 0 Å². The fourth-order valence-electron chi connectivity index (χ4n) is 3.67. The zero-order valence-corrected chi connectivity index (χ0v) is 16.4. The highest BCUT2D eigenvalue weighted by atomic mass is 16.5. The van der Waals surface area contributed by atoms with Crippen LogP contribution in [0.4, 0.5) is 0 Å². The van der Waals surface area contributed by atoms with E-state index >= 15 is 0 Å². The quantitative estimate of drug-likeness (QED) is 0.747. The summed E-state index contributed by atoms with van der Waals surface area (Å²) in [4.78, 5) is 24.2. The molecule has 0 saturated heterocycles. The van der Waals surface area contributed by atoms with Crippen LogP contribution in [0.15, 0.2) is 35.9 Å². The van der Waals surface area contributed by atoms with E-state index < -0.39 is 12.0 Å². The first-order valence-electron chi connectivity index (χ1n) is 9.13. The Balaban J connectivity index is 1.75. The van der Waals surface area contributed by atoms with Crippen LogP contribution in [0, 0.1) is 11.8 Å². The third-order valence-corrected chi connectivity index (χ3v) is 5.34. The highest BCUT2D eigenvalue weighted by Crippen LogP contribution is 2.51. The topological polar surface area (TPSA) is 94.1 Å². The Morgan fingerprint density at radius 1 is 1.11 bits per heavy atom. The maximum absolute atomic E-state index is 12.8. The molecule has 3 rings (SSSR count). The predicted molar refractivity (Wildman–Crippen MR) is 103 cm³/mol. The third kappa shape index (κ3) is 3.69. The van der Waals surface area contributed by atoms with E-state index in [4.69, 9.17) is 14.2 Å². The average Bonchev–Trinajstić information content (AvgIpc) is 3.49. The summed E-state index contributed by atoms with van der Waals surface area (Å²) in [5.41, 5.74) is 1.13. The van der Waals surface area contributed by atoms with Crippen molar-refractivity contribution < 1.29 is 28.9 Å². The minimum atomic E-state index is -1.02. The van der Waals surface area contributed by atoms with Gasteiger partial charge in [0.05, 0.1) is 32.9 Å². The minimum absolute atomic E-state index is 0.0282. The average molecular weight is 387 g/mol. The molecule has 7 nitrogen and oxygen atoms in total. The van der Waals surface area contributed by atoms with Gasteiger partial charge in [0.2, 0.25) is 11.7 Å². The molecular formula is C21H25NO6. The Bertz CT molecular complexity index is 818. The third-order valence-electron chi connectivity index (χ3n) is 5.34. The molecule has 0 aliphatic heterocycles. The molecule has 28 heavy (non-hydrogen) atoms. The van der Waals surface area contributed by atoms with Gasteiger partial charge in [0.1, 0.15) is 0 Å². The SMILES string of the molecule is COc1cc(C2CC2C(=O)NC2C(C(=O)O)=CC=CC2C)cc(OC)c1OC. The van der Waals surface area contributed by atoms with Gasteiger partial charge in [0, 0.05) is 5.92 Å². The van der Waals surface area contributed by atoms with E-state index in [-0.39, 0.29) is 29.2 Å². The summed E-state index contributed by atoms with van der Waals surface area (Å²) in [6, 6.07) is 3.18. The number of carbonyl (C=O) groups is 2. The molecule has 2 aliphatic carbocycles.